The average molecular weight is 379 g/mol. The number of aliphatic hydroxyl groups is 1. The molecule has 2 saturated heterocycles. The summed E-state index contributed by atoms with van der Waals surface area (Å²) in [6.07, 6.45) is 1.69. The van der Waals surface area contributed by atoms with Crippen molar-refractivity contribution in [3.05, 3.63) is 17.0 Å². The van der Waals surface area contributed by atoms with E-state index in [0.29, 0.717) is 18.9 Å². The van der Waals surface area contributed by atoms with Gasteiger partial charge in [-0.1, -0.05) is 0 Å². The Hall–Kier alpha value is -1.44. The van der Waals surface area contributed by atoms with Crippen molar-refractivity contribution >= 4 is 5.91 Å². The molecule has 1 aromatic rings. The van der Waals surface area contributed by atoms with Gasteiger partial charge in [0, 0.05) is 57.4 Å². The van der Waals surface area contributed by atoms with E-state index >= 15 is 0 Å². The summed E-state index contributed by atoms with van der Waals surface area (Å²) < 4.78 is 5.82. The van der Waals surface area contributed by atoms with Crippen LogP contribution in [0.4, 0.5) is 0 Å². The van der Waals surface area contributed by atoms with Crippen LogP contribution in [0.2, 0.25) is 0 Å². The van der Waals surface area contributed by atoms with Gasteiger partial charge in [0.05, 0.1) is 17.9 Å². The minimum Gasteiger partial charge on any atom is -0.396 e. The minimum atomic E-state index is 0.143. The Bertz CT molecular complexity index is 618. The maximum Gasteiger partial charge on any atom is 0.222 e. The van der Waals surface area contributed by atoms with Gasteiger partial charge in [0.2, 0.25) is 5.91 Å². The molecule has 3 heterocycles. The maximum atomic E-state index is 12.7. The number of hydrogen-bond donors (Lipinski definition) is 2. The van der Waals surface area contributed by atoms with E-state index < -0.39 is 0 Å². The number of hydrogen-bond acceptors (Lipinski definition) is 5. The first kappa shape index (κ1) is 20.3. The van der Waals surface area contributed by atoms with E-state index in [2.05, 4.69) is 28.9 Å². The number of aliphatic hydroxyl groups excluding tert-OH is 1. The second-order valence-corrected chi connectivity index (χ2v) is 8.39. The van der Waals surface area contributed by atoms with Gasteiger partial charge in [0.15, 0.2) is 0 Å². The molecule has 7 nitrogen and oxygen atoms in total. The molecular weight excluding hydrogens is 344 g/mol. The highest BCUT2D eigenvalue weighted by Crippen LogP contribution is 2.26. The standard InChI is InChI=1S/C20H34N4O3/c1-13-7-23(8-14(2)27-13)9-17-10-24(11-18(17)12-25)20(26)6-5-19-15(3)21-22-16(19)4/h13-14,17-18,25H,5-12H2,1-4H3,(H,21,22)/t13-,14+,17-,18-/m1/s1. The van der Waals surface area contributed by atoms with Crippen molar-refractivity contribution in [3.8, 4) is 0 Å². The Morgan fingerprint density at radius 3 is 2.44 bits per heavy atom. The summed E-state index contributed by atoms with van der Waals surface area (Å²) in [5.74, 6) is 0.674. The van der Waals surface area contributed by atoms with E-state index in [4.69, 9.17) is 4.74 Å². The van der Waals surface area contributed by atoms with E-state index in [-0.39, 0.29) is 30.6 Å². The molecule has 27 heavy (non-hydrogen) atoms. The van der Waals surface area contributed by atoms with Crippen molar-refractivity contribution in [2.45, 2.75) is 52.7 Å². The summed E-state index contributed by atoms with van der Waals surface area (Å²) >= 11 is 0. The van der Waals surface area contributed by atoms with E-state index in [9.17, 15) is 9.90 Å². The molecule has 0 radical (unpaired) electrons. The topological polar surface area (TPSA) is 81.7 Å². The number of morpholine rings is 1. The molecule has 1 amide bonds. The lowest BCUT2D eigenvalue weighted by atomic mass is 9.96. The monoisotopic (exact) mass is 378 g/mol. The third kappa shape index (κ3) is 4.89. The van der Waals surface area contributed by atoms with Crippen LogP contribution >= 0.6 is 0 Å². The fourth-order valence-electron chi connectivity index (χ4n) is 4.65. The number of aromatic nitrogens is 2. The van der Waals surface area contributed by atoms with Crippen LogP contribution in [-0.4, -0.2) is 82.5 Å². The SMILES string of the molecule is Cc1n[nH]c(C)c1CCC(=O)N1C[C@@H](CN2C[C@@H](C)O[C@@H](C)C2)[C@@H](CO)C1. The number of rotatable bonds is 6. The lowest BCUT2D eigenvalue weighted by Gasteiger charge is -2.37. The van der Waals surface area contributed by atoms with Crippen LogP contribution in [0.3, 0.4) is 0 Å². The number of ether oxygens (including phenoxy) is 1. The zero-order chi connectivity index (χ0) is 19.6. The zero-order valence-corrected chi connectivity index (χ0v) is 17.1. The Morgan fingerprint density at radius 1 is 1.19 bits per heavy atom. The molecule has 4 atom stereocenters. The molecule has 2 aliphatic heterocycles. The number of amides is 1. The fourth-order valence-corrected chi connectivity index (χ4v) is 4.65. The van der Waals surface area contributed by atoms with E-state index in [1.54, 1.807) is 0 Å². The normalized spacial score (nSPS) is 29.4. The molecule has 1 aromatic heterocycles. The summed E-state index contributed by atoms with van der Waals surface area (Å²) in [5, 5.41) is 17.0. The lowest BCUT2D eigenvalue weighted by molar-refractivity contribution is -0.130. The van der Waals surface area contributed by atoms with Gasteiger partial charge in [-0.2, -0.15) is 5.10 Å². The minimum absolute atomic E-state index is 0.143. The number of carbonyl (C=O) groups is 1. The van der Waals surface area contributed by atoms with Crippen LogP contribution in [0, 0.1) is 25.7 Å². The molecule has 0 aromatic carbocycles. The molecule has 7 heteroatoms. The van der Waals surface area contributed by atoms with Crippen LogP contribution < -0.4 is 0 Å². The van der Waals surface area contributed by atoms with Crippen LogP contribution in [0.1, 0.15) is 37.2 Å². The molecular formula is C20H34N4O3. The van der Waals surface area contributed by atoms with E-state index in [1.165, 1.54) is 0 Å². The molecule has 0 spiro atoms. The molecule has 2 N–H and O–H groups in total. The molecule has 2 fully saturated rings. The highest BCUT2D eigenvalue weighted by molar-refractivity contribution is 5.76. The molecule has 3 rings (SSSR count). The van der Waals surface area contributed by atoms with Crippen LogP contribution in [0.25, 0.3) is 0 Å². The molecule has 0 aliphatic carbocycles. The van der Waals surface area contributed by atoms with Gasteiger partial charge >= 0.3 is 0 Å². The fraction of sp³-hybridized carbons (Fsp3) is 0.800. The van der Waals surface area contributed by atoms with E-state index in [1.807, 2.05) is 18.7 Å². The predicted molar refractivity (Wildman–Crippen MR) is 103 cm³/mol. The highest BCUT2D eigenvalue weighted by atomic mass is 16.5. The number of nitrogens with zero attached hydrogens (tertiary/aromatic N) is 3. The van der Waals surface area contributed by atoms with E-state index in [0.717, 1.165) is 49.6 Å². The Labute approximate surface area is 162 Å². The average Bonchev–Trinajstić information content (AvgIpc) is 3.15. The van der Waals surface area contributed by atoms with Crippen LogP contribution in [0.15, 0.2) is 0 Å². The second-order valence-electron chi connectivity index (χ2n) is 8.39. The second kappa shape index (κ2) is 8.71. The zero-order valence-electron chi connectivity index (χ0n) is 17.1. The maximum absolute atomic E-state index is 12.7. The lowest BCUT2D eigenvalue weighted by Crippen LogP contribution is -2.48. The van der Waals surface area contributed by atoms with Crippen LogP contribution in [0.5, 0.6) is 0 Å². The molecule has 2 aliphatic rings. The van der Waals surface area contributed by atoms with Gasteiger partial charge in [0.1, 0.15) is 0 Å². The Balaban J connectivity index is 1.54. The first-order valence-electron chi connectivity index (χ1n) is 10.1. The van der Waals surface area contributed by atoms with Crippen molar-refractivity contribution in [3.63, 3.8) is 0 Å². The number of nitrogens with one attached hydrogen (secondary N) is 1. The summed E-state index contributed by atoms with van der Waals surface area (Å²) in [5.41, 5.74) is 3.17. The molecule has 0 bridgehead atoms. The summed E-state index contributed by atoms with van der Waals surface area (Å²) in [6.45, 7) is 12.5. The number of likely N-dealkylation sites (tertiary alicyclic amines) is 1. The number of aromatic amines is 1. The van der Waals surface area contributed by atoms with Gasteiger partial charge in [0.25, 0.3) is 0 Å². The first-order valence-corrected chi connectivity index (χ1v) is 10.1. The van der Waals surface area contributed by atoms with Crippen molar-refractivity contribution in [1.29, 1.82) is 0 Å². The summed E-state index contributed by atoms with van der Waals surface area (Å²) in [6, 6.07) is 0. The Morgan fingerprint density at radius 2 is 1.85 bits per heavy atom. The van der Waals surface area contributed by atoms with Gasteiger partial charge in [-0.25, -0.2) is 0 Å². The molecule has 0 unspecified atom stereocenters. The van der Waals surface area contributed by atoms with Crippen LogP contribution in [-0.2, 0) is 16.0 Å². The quantitative estimate of drug-likeness (QED) is 0.776. The number of aryl methyl sites for hydroxylation is 2. The van der Waals surface area contributed by atoms with Crippen molar-refractivity contribution in [2.24, 2.45) is 11.8 Å². The molecule has 152 valence electrons. The Kier molecular flexibility index (Phi) is 6.55. The van der Waals surface area contributed by atoms with Crippen molar-refractivity contribution in [2.75, 3.05) is 39.3 Å². The van der Waals surface area contributed by atoms with Gasteiger partial charge in [-0.3, -0.25) is 14.8 Å². The third-order valence-corrected chi connectivity index (χ3v) is 6.02. The summed E-state index contributed by atoms with van der Waals surface area (Å²) in [4.78, 5) is 17.1. The van der Waals surface area contributed by atoms with Gasteiger partial charge < -0.3 is 14.7 Å². The first-order chi connectivity index (χ1) is 12.9. The molecule has 0 saturated carbocycles. The largest absolute Gasteiger partial charge is 0.396 e. The number of carbonyl (C=O) groups excluding carboxylic acids is 1. The summed E-state index contributed by atoms with van der Waals surface area (Å²) in [7, 11) is 0. The third-order valence-electron chi connectivity index (χ3n) is 6.02. The van der Waals surface area contributed by atoms with Crippen molar-refractivity contribution < 1.29 is 14.6 Å². The van der Waals surface area contributed by atoms with Gasteiger partial charge in [-0.05, 0) is 45.6 Å². The number of H-pyrrole nitrogens is 1. The van der Waals surface area contributed by atoms with Crippen molar-refractivity contribution in [1.82, 2.24) is 20.0 Å². The van der Waals surface area contributed by atoms with Gasteiger partial charge in [-0.15, -0.1) is 0 Å². The predicted octanol–water partition coefficient (Wildman–Crippen LogP) is 1.14. The highest BCUT2D eigenvalue weighted by Gasteiger charge is 2.36. The smallest absolute Gasteiger partial charge is 0.222 e.